The van der Waals surface area contributed by atoms with E-state index in [0.29, 0.717) is 31.7 Å². The first kappa shape index (κ1) is 15.3. The number of rotatable bonds is 4. The lowest BCUT2D eigenvalue weighted by molar-refractivity contribution is -0.151. The Kier molecular flexibility index (Phi) is 4.52. The number of likely N-dealkylation sites (tertiary alicyclic amines) is 1. The molecule has 5 heteroatoms. The van der Waals surface area contributed by atoms with Gasteiger partial charge in [-0.15, -0.1) is 0 Å². The number of hydrogen-bond donors (Lipinski definition) is 1. The number of carbonyl (C=O) groups is 1. The van der Waals surface area contributed by atoms with E-state index >= 15 is 0 Å². The molecule has 1 saturated carbocycles. The molecule has 0 amide bonds. The Balaban J connectivity index is 1.49. The van der Waals surface area contributed by atoms with Gasteiger partial charge in [0.25, 0.3) is 0 Å². The maximum absolute atomic E-state index is 11.8. The van der Waals surface area contributed by atoms with Crippen molar-refractivity contribution in [2.45, 2.75) is 63.3 Å². The summed E-state index contributed by atoms with van der Waals surface area (Å²) in [5, 5.41) is 10.8. The highest BCUT2D eigenvalue weighted by atomic mass is 16.5. The number of β-amino-alcohol motifs (C(OH)–C–C–N with tert-alkyl or cyclic N) is 1. The second-order valence-electron chi connectivity index (χ2n) is 6.90. The molecule has 0 aromatic rings. The van der Waals surface area contributed by atoms with Crippen molar-refractivity contribution in [3.8, 4) is 0 Å². The van der Waals surface area contributed by atoms with Crippen molar-refractivity contribution in [2.75, 3.05) is 26.2 Å². The molecule has 3 fully saturated rings. The van der Waals surface area contributed by atoms with Crippen LogP contribution in [0.15, 0.2) is 0 Å². The van der Waals surface area contributed by atoms with Crippen LogP contribution < -0.4 is 0 Å². The fourth-order valence-electron chi connectivity index (χ4n) is 4.05. The smallest absolute Gasteiger partial charge is 0.308 e. The molecule has 0 aromatic carbocycles. The zero-order valence-electron chi connectivity index (χ0n) is 12.9. The highest BCUT2D eigenvalue weighted by Gasteiger charge is 2.41. The summed E-state index contributed by atoms with van der Waals surface area (Å²) in [7, 11) is 0. The number of morpholine rings is 1. The summed E-state index contributed by atoms with van der Waals surface area (Å²) >= 11 is 0. The van der Waals surface area contributed by atoms with Crippen LogP contribution in [0.4, 0.5) is 0 Å². The molecule has 1 aliphatic carbocycles. The highest BCUT2D eigenvalue weighted by molar-refractivity contribution is 5.72. The van der Waals surface area contributed by atoms with Crippen molar-refractivity contribution in [1.29, 1.82) is 0 Å². The van der Waals surface area contributed by atoms with Gasteiger partial charge in [0, 0.05) is 19.6 Å². The Hall–Kier alpha value is -0.650. The summed E-state index contributed by atoms with van der Waals surface area (Å²) in [5.41, 5.74) is -0.639. The Bertz CT molecular complexity index is 366. The van der Waals surface area contributed by atoms with Crippen LogP contribution in [0.2, 0.25) is 0 Å². The third-order valence-electron chi connectivity index (χ3n) is 5.17. The molecule has 2 aliphatic heterocycles. The second kappa shape index (κ2) is 6.23. The van der Waals surface area contributed by atoms with Crippen molar-refractivity contribution in [2.24, 2.45) is 5.92 Å². The van der Waals surface area contributed by atoms with Crippen LogP contribution in [0.3, 0.4) is 0 Å². The van der Waals surface area contributed by atoms with Crippen molar-refractivity contribution < 1.29 is 19.4 Å². The lowest BCUT2D eigenvalue weighted by Gasteiger charge is -2.41. The first-order valence-corrected chi connectivity index (χ1v) is 8.35. The predicted octanol–water partition coefficient (Wildman–Crippen LogP) is 1.33. The van der Waals surface area contributed by atoms with Crippen LogP contribution in [-0.4, -0.2) is 60.0 Å². The van der Waals surface area contributed by atoms with Crippen LogP contribution in [0.25, 0.3) is 0 Å². The quantitative estimate of drug-likeness (QED) is 0.793. The van der Waals surface area contributed by atoms with E-state index in [1.165, 1.54) is 0 Å². The van der Waals surface area contributed by atoms with E-state index in [0.717, 1.165) is 45.3 Å². The molecule has 3 aliphatic rings. The summed E-state index contributed by atoms with van der Waals surface area (Å²) in [4.78, 5) is 14.1. The summed E-state index contributed by atoms with van der Waals surface area (Å²) in [6.45, 7) is 4.89. The molecular formula is C16H27NO4. The van der Waals surface area contributed by atoms with Crippen LogP contribution in [0.5, 0.6) is 0 Å². The molecule has 2 atom stereocenters. The average Bonchev–Trinajstić information content (AvgIpc) is 2.78. The normalized spacial score (nSPS) is 40.2. The lowest BCUT2D eigenvalue weighted by Crippen LogP contribution is -2.51. The SMILES string of the molecule is CCOC(=O)C1CCC(O)(CN2CC3CCC(C2)O3)CC1. The standard InChI is InChI=1S/C16H27NO4/c1-2-20-15(18)12-5-7-16(19,8-6-12)11-17-9-13-3-4-14(10-17)21-13/h12-14,19H,2-11H2,1H3. The summed E-state index contributed by atoms with van der Waals surface area (Å²) in [5.74, 6) is -0.116. The van der Waals surface area contributed by atoms with E-state index < -0.39 is 5.60 Å². The molecule has 0 spiro atoms. The number of ether oxygens (including phenoxy) is 2. The number of hydrogen-bond acceptors (Lipinski definition) is 5. The van der Waals surface area contributed by atoms with E-state index in [9.17, 15) is 9.90 Å². The fourth-order valence-corrected chi connectivity index (χ4v) is 4.05. The fraction of sp³-hybridized carbons (Fsp3) is 0.938. The van der Waals surface area contributed by atoms with Gasteiger partial charge in [-0.2, -0.15) is 0 Å². The third kappa shape index (κ3) is 3.58. The van der Waals surface area contributed by atoms with E-state index in [2.05, 4.69) is 4.90 Å². The van der Waals surface area contributed by atoms with E-state index in [1.807, 2.05) is 6.92 Å². The summed E-state index contributed by atoms with van der Waals surface area (Å²) in [6, 6.07) is 0. The van der Waals surface area contributed by atoms with Gasteiger partial charge >= 0.3 is 5.97 Å². The van der Waals surface area contributed by atoms with Gasteiger partial charge < -0.3 is 14.6 Å². The maximum atomic E-state index is 11.8. The molecule has 0 aromatic heterocycles. The molecule has 2 saturated heterocycles. The Labute approximate surface area is 126 Å². The van der Waals surface area contributed by atoms with Crippen molar-refractivity contribution in [3.05, 3.63) is 0 Å². The monoisotopic (exact) mass is 297 g/mol. The minimum atomic E-state index is -0.639. The van der Waals surface area contributed by atoms with Crippen LogP contribution in [-0.2, 0) is 14.3 Å². The Morgan fingerprint density at radius 3 is 2.43 bits per heavy atom. The molecule has 120 valence electrons. The van der Waals surface area contributed by atoms with Gasteiger partial charge in [-0.3, -0.25) is 9.69 Å². The first-order chi connectivity index (χ1) is 10.1. The number of aliphatic hydroxyl groups is 1. The maximum Gasteiger partial charge on any atom is 0.308 e. The summed E-state index contributed by atoms with van der Waals surface area (Å²) in [6.07, 6.45) is 5.92. The van der Waals surface area contributed by atoms with Gasteiger partial charge in [-0.25, -0.2) is 0 Å². The molecule has 2 heterocycles. The molecule has 2 bridgehead atoms. The van der Waals surface area contributed by atoms with Crippen LogP contribution in [0.1, 0.15) is 45.4 Å². The first-order valence-electron chi connectivity index (χ1n) is 8.35. The highest BCUT2D eigenvalue weighted by Crippen LogP contribution is 2.35. The van der Waals surface area contributed by atoms with Gasteiger partial charge in [0.05, 0.1) is 30.3 Å². The van der Waals surface area contributed by atoms with Crippen molar-refractivity contribution >= 4 is 5.97 Å². The summed E-state index contributed by atoms with van der Waals surface area (Å²) < 4.78 is 10.9. The molecule has 3 rings (SSSR count). The molecule has 21 heavy (non-hydrogen) atoms. The van der Waals surface area contributed by atoms with E-state index in [-0.39, 0.29) is 11.9 Å². The van der Waals surface area contributed by atoms with E-state index in [4.69, 9.17) is 9.47 Å². The minimum Gasteiger partial charge on any atom is -0.466 e. The van der Waals surface area contributed by atoms with E-state index in [1.54, 1.807) is 0 Å². The number of fused-ring (bicyclic) bond motifs is 2. The van der Waals surface area contributed by atoms with Crippen LogP contribution in [0, 0.1) is 5.92 Å². The lowest BCUT2D eigenvalue weighted by atomic mass is 9.78. The number of carbonyl (C=O) groups excluding carboxylic acids is 1. The van der Waals surface area contributed by atoms with Crippen LogP contribution >= 0.6 is 0 Å². The van der Waals surface area contributed by atoms with Gasteiger partial charge in [-0.1, -0.05) is 0 Å². The molecule has 5 nitrogen and oxygen atoms in total. The largest absolute Gasteiger partial charge is 0.466 e. The zero-order chi connectivity index (χ0) is 14.9. The van der Waals surface area contributed by atoms with Crippen molar-refractivity contribution in [1.82, 2.24) is 4.90 Å². The van der Waals surface area contributed by atoms with Gasteiger partial charge in [0.15, 0.2) is 0 Å². The van der Waals surface area contributed by atoms with Crippen molar-refractivity contribution in [3.63, 3.8) is 0 Å². The molecular weight excluding hydrogens is 270 g/mol. The minimum absolute atomic E-state index is 0.0221. The number of esters is 1. The van der Waals surface area contributed by atoms with Gasteiger partial charge in [-0.05, 0) is 45.4 Å². The third-order valence-corrected chi connectivity index (χ3v) is 5.17. The average molecular weight is 297 g/mol. The molecule has 0 radical (unpaired) electrons. The zero-order valence-corrected chi connectivity index (χ0v) is 12.9. The molecule has 2 unspecified atom stereocenters. The topological polar surface area (TPSA) is 59.0 Å². The predicted molar refractivity (Wildman–Crippen MR) is 77.9 cm³/mol. The Morgan fingerprint density at radius 1 is 1.24 bits per heavy atom. The molecule has 1 N–H and O–H groups in total. The second-order valence-corrected chi connectivity index (χ2v) is 6.90. The van der Waals surface area contributed by atoms with Gasteiger partial charge in [0.2, 0.25) is 0 Å². The van der Waals surface area contributed by atoms with Gasteiger partial charge in [0.1, 0.15) is 0 Å². The Morgan fingerprint density at radius 2 is 1.86 bits per heavy atom. The number of nitrogens with zero attached hydrogens (tertiary/aromatic N) is 1.